The Bertz CT molecular complexity index is 425. The SMILES string of the molecule is CCC1(c2cccc(OC(F)F)c2)N=CNN1. The maximum Gasteiger partial charge on any atom is 0.387 e. The monoisotopic (exact) mass is 241 g/mol. The molecule has 0 spiro atoms. The average Bonchev–Trinajstić information content (AvgIpc) is 2.78. The van der Waals surface area contributed by atoms with Gasteiger partial charge in [0.1, 0.15) is 5.75 Å². The molecule has 1 aromatic rings. The lowest BCUT2D eigenvalue weighted by atomic mass is 9.98. The van der Waals surface area contributed by atoms with Gasteiger partial charge >= 0.3 is 6.61 Å². The van der Waals surface area contributed by atoms with Crippen LogP contribution >= 0.6 is 0 Å². The molecule has 0 saturated carbocycles. The van der Waals surface area contributed by atoms with E-state index in [-0.39, 0.29) is 5.75 Å². The number of hydrogen-bond donors (Lipinski definition) is 2. The van der Waals surface area contributed by atoms with Gasteiger partial charge in [-0.3, -0.25) is 0 Å². The van der Waals surface area contributed by atoms with Crippen LogP contribution in [-0.2, 0) is 5.66 Å². The van der Waals surface area contributed by atoms with Crippen molar-refractivity contribution < 1.29 is 13.5 Å². The Labute approximate surface area is 97.7 Å². The first-order chi connectivity index (χ1) is 8.16. The lowest BCUT2D eigenvalue weighted by Gasteiger charge is -2.25. The summed E-state index contributed by atoms with van der Waals surface area (Å²) in [5.74, 6) is 0.134. The third-order valence-electron chi connectivity index (χ3n) is 2.68. The Morgan fingerprint density at radius 1 is 1.47 bits per heavy atom. The van der Waals surface area contributed by atoms with Crippen molar-refractivity contribution in [3.05, 3.63) is 29.8 Å². The number of aliphatic imine (C=N–C) groups is 1. The van der Waals surface area contributed by atoms with Gasteiger partial charge in [-0.15, -0.1) is 0 Å². The van der Waals surface area contributed by atoms with Crippen LogP contribution in [0.2, 0.25) is 0 Å². The zero-order chi connectivity index (χ0) is 12.3. The van der Waals surface area contributed by atoms with Crippen molar-refractivity contribution in [3.63, 3.8) is 0 Å². The number of ether oxygens (including phenoxy) is 1. The Morgan fingerprint density at radius 3 is 2.88 bits per heavy atom. The highest BCUT2D eigenvalue weighted by molar-refractivity contribution is 5.58. The third kappa shape index (κ3) is 2.36. The van der Waals surface area contributed by atoms with Crippen LogP contribution in [0.25, 0.3) is 0 Å². The average molecular weight is 241 g/mol. The molecule has 1 heterocycles. The molecule has 0 aliphatic carbocycles. The van der Waals surface area contributed by atoms with Gasteiger partial charge in [0.15, 0.2) is 5.66 Å². The lowest BCUT2D eigenvalue weighted by molar-refractivity contribution is -0.0499. The summed E-state index contributed by atoms with van der Waals surface area (Å²) in [4.78, 5) is 4.29. The molecule has 0 radical (unpaired) electrons. The van der Waals surface area contributed by atoms with Crippen molar-refractivity contribution in [2.75, 3.05) is 0 Å². The van der Waals surface area contributed by atoms with E-state index in [1.165, 1.54) is 6.07 Å². The number of hydrogen-bond acceptors (Lipinski definition) is 4. The standard InChI is InChI=1S/C11H13F2N3O/c1-2-11(14-7-15-16-11)8-4-3-5-9(6-8)17-10(12)13/h3-7,10,16H,2H2,1H3,(H,14,15). The first-order valence-corrected chi connectivity index (χ1v) is 5.28. The van der Waals surface area contributed by atoms with Gasteiger partial charge in [0.25, 0.3) is 0 Å². The molecule has 17 heavy (non-hydrogen) atoms. The van der Waals surface area contributed by atoms with E-state index in [1.54, 1.807) is 18.5 Å². The van der Waals surface area contributed by atoms with E-state index in [0.717, 1.165) is 5.56 Å². The Kier molecular flexibility index (Phi) is 3.23. The van der Waals surface area contributed by atoms with Crippen LogP contribution in [0.4, 0.5) is 8.78 Å². The van der Waals surface area contributed by atoms with E-state index >= 15 is 0 Å². The van der Waals surface area contributed by atoms with Crippen LogP contribution in [0.3, 0.4) is 0 Å². The summed E-state index contributed by atoms with van der Waals surface area (Å²) in [6.45, 7) is -0.862. The van der Waals surface area contributed by atoms with Crippen molar-refractivity contribution >= 4 is 6.34 Å². The Balaban J connectivity index is 2.29. The van der Waals surface area contributed by atoms with Gasteiger partial charge in [-0.05, 0) is 24.1 Å². The number of halogens is 2. The first kappa shape index (κ1) is 11.8. The second kappa shape index (κ2) is 4.67. The van der Waals surface area contributed by atoms with Crippen LogP contribution in [-0.4, -0.2) is 13.0 Å². The number of alkyl halides is 2. The summed E-state index contributed by atoms with van der Waals surface area (Å²) < 4.78 is 28.6. The van der Waals surface area contributed by atoms with Crippen LogP contribution < -0.4 is 15.6 Å². The van der Waals surface area contributed by atoms with E-state index in [0.29, 0.717) is 6.42 Å². The van der Waals surface area contributed by atoms with Gasteiger partial charge in [0.2, 0.25) is 0 Å². The van der Waals surface area contributed by atoms with E-state index in [9.17, 15) is 8.78 Å². The predicted molar refractivity (Wildman–Crippen MR) is 59.8 cm³/mol. The molecule has 1 aliphatic heterocycles. The fourth-order valence-electron chi connectivity index (χ4n) is 1.79. The van der Waals surface area contributed by atoms with Gasteiger partial charge in [0.05, 0.1) is 6.34 Å². The summed E-state index contributed by atoms with van der Waals surface area (Å²) in [5, 5.41) is 0. The molecule has 0 fully saturated rings. The minimum atomic E-state index is -2.82. The maximum absolute atomic E-state index is 12.1. The largest absolute Gasteiger partial charge is 0.435 e. The van der Waals surface area contributed by atoms with E-state index in [2.05, 4.69) is 20.6 Å². The van der Waals surface area contributed by atoms with Crippen molar-refractivity contribution in [3.8, 4) is 5.75 Å². The summed E-state index contributed by atoms with van der Waals surface area (Å²) in [5.41, 5.74) is 5.96. The predicted octanol–water partition coefficient (Wildman–Crippen LogP) is 1.99. The highest BCUT2D eigenvalue weighted by Gasteiger charge is 2.31. The summed E-state index contributed by atoms with van der Waals surface area (Å²) in [7, 11) is 0. The number of hydrazine groups is 1. The van der Waals surface area contributed by atoms with E-state index in [1.807, 2.05) is 13.0 Å². The highest BCUT2D eigenvalue weighted by Crippen LogP contribution is 2.30. The summed E-state index contributed by atoms with van der Waals surface area (Å²) in [6, 6.07) is 6.54. The molecule has 92 valence electrons. The van der Waals surface area contributed by atoms with Crippen LogP contribution in [0.1, 0.15) is 18.9 Å². The third-order valence-corrected chi connectivity index (χ3v) is 2.68. The molecule has 1 aromatic carbocycles. The molecule has 1 atom stereocenters. The summed E-state index contributed by atoms with van der Waals surface area (Å²) >= 11 is 0. The molecule has 0 saturated heterocycles. The molecule has 0 aromatic heterocycles. The topological polar surface area (TPSA) is 45.6 Å². The Morgan fingerprint density at radius 2 is 2.29 bits per heavy atom. The molecule has 0 bridgehead atoms. The molecule has 1 unspecified atom stereocenters. The normalized spacial score (nSPS) is 22.8. The minimum absolute atomic E-state index is 0.134. The Hall–Kier alpha value is -1.69. The molecule has 2 N–H and O–H groups in total. The number of benzene rings is 1. The zero-order valence-corrected chi connectivity index (χ0v) is 9.28. The van der Waals surface area contributed by atoms with Crippen LogP contribution in [0.5, 0.6) is 5.75 Å². The minimum Gasteiger partial charge on any atom is -0.435 e. The second-order valence-electron chi connectivity index (χ2n) is 3.65. The first-order valence-electron chi connectivity index (χ1n) is 5.28. The molecule has 0 amide bonds. The van der Waals surface area contributed by atoms with Gasteiger partial charge < -0.3 is 10.2 Å². The molecule has 1 aliphatic rings. The van der Waals surface area contributed by atoms with E-state index < -0.39 is 12.3 Å². The van der Waals surface area contributed by atoms with Crippen LogP contribution in [0, 0.1) is 0 Å². The smallest absolute Gasteiger partial charge is 0.387 e. The van der Waals surface area contributed by atoms with Gasteiger partial charge in [-0.2, -0.15) is 8.78 Å². The van der Waals surface area contributed by atoms with Crippen molar-refractivity contribution in [2.24, 2.45) is 4.99 Å². The van der Waals surface area contributed by atoms with E-state index in [4.69, 9.17) is 0 Å². The lowest BCUT2D eigenvalue weighted by Crippen LogP contribution is -2.41. The molecular weight excluding hydrogens is 228 g/mol. The molecule has 4 nitrogen and oxygen atoms in total. The number of nitrogens with one attached hydrogen (secondary N) is 2. The van der Waals surface area contributed by atoms with Crippen LogP contribution in [0.15, 0.2) is 29.3 Å². The second-order valence-corrected chi connectivity index (χ2v) is 3.65. The van der Waals surface area contributed by atoms with Gasteiger partial charge in [-0.25, -0.2) is 10.4 Å². The number of rotatable bonds is 4. The molecule has 6 heteroatoms. The fourth-order valence-corrected chi connectivity index (χ4v) is 1.79. The van der Waals surface area contributed by atoms with Gasteiger partial charge in [-0.1, -0.05) is 19.1 Å². The fraction of sp³-hybridized carbons (Fsp3) is 0.364. The highest BCUT2D eigenvalue weighted by atomic mass is 19.3. The van der Waals surface area contributed by atoms with Crippen molar-refractivity contribution in [1.29, 1.82) is 0 Å². The van der Waals surface area contributed by atoms with Gasteiger partial charge in [0, 0.05) is 0 Å². The van der Waals surface area contributed by atoms with Crippen molar-refractivity contribution in [1.82, 2.24) is 10.9 Å². The maximum atomic E-state index is 12.1. The summed E-state index contributed by atoms with van der Waals surface area (Å²) in [6.07, 6.45) is 2.23. The quantitative estimate of drug-likeness (QED) is 0.847. The number of nitrogens with zero attached hydrogens (tertiary/aromatic N) is 1. The molecular formula is C11H13F2N3O. The zero-order valence-electron chi connectivity index (χ0n) is 9.28. The van der Waals surface area contributed by atoms with Crippen molar-refractivity contribution in [2.45, 2.75) is 25.6 Å². The molecule has 2 rings (SSSR count).